The second kappa shape index (κ2) is 9.60. The van der Waals surface area contributed by atoms with Gasteiger partial charge in [-0.25, -0.2) is 0 Å². The molecular formula is C20H27N5O3S. The minimum Gasteiger partial charge on any atom is -0.497 e. The van der Waals surface area contributed by atoms with E-state index in [1.807, 2.05) is 33.7 Å². The average Bonchev–Trinajstić information content (AvgIpc) is 3.44. The normalized spacial score (nSPS) is 20.2. The molecule has 2 aliphatic heterocycles. The molecule has 2 aromatic rings. The molecule has 0 bridgehead atoms. The third kappa shape index (κ3) is 5.09. The molecule has 1 amide bonds. The molecule has 0 radical (unpaired) electrons. The summed E-state index contributed by atoms with van der Waals surface area (Å²) in [6.07, 6.45) is 4.36. The first-order valence-corrected chi connectivity index (χ1v) is 11.0. The molecule has 2 aliphatic rings. The van der Waals surface area contributed by atoms with E-state index in [2.05, 4.69) is 15.1 Å². The summed E-state index contributed by atoms with van der Waals surface area (Å²) >= 11 is 1.42. The molecule has 0 N–H and O–H groups in total. The van der Waals surface area contributed by atoms with Crippen molar-refractivity contribution in [3.05, 3.63) is 30.6 Å². The molecule has 3 heterocycles. The molecule has 156 valence electrons. The number of benzene rings is 1. The summed E-state index contributed by atoms with van der Waals surface area (Å²) in [4.78, 5) is 17.0. The van der Waals surface area contributed by atoms with Gasteiger partial charge < -0.3 is 14.4 Å². The number of rotatable bonds is 7. The second-order valence-corrected chi connectivity index (χ2v) is 8.23. The van der Waals surface area contributed by atoms with Gasteiger partial charge in [-0.2, -0.15) is 0 Å². The van der Waals surface area contributed by atoms with Crippen LogP contribution in [-0.4, -0.2) is 88.8 Å². The lowest BCUT2D eigenvalue weighted by molar-refractivity contribution is -0.130. The van der Waals surface area contributed by atoms with Crippen molar-refractivity contribution >= 4 is 17.7 Å². The monoisotopic (exact) mass is 417 g/mol. The van der Waals surface area contributed by atoms with Crippen LogP contribution in [0, 0.1) is 0 Å². The van der Waals surface area contributed by atoms with E-state index in [4.69, 9.17) is 9.47 Å². The van der Waals surface area contributed by atoms with E-state index in [9.17, 15) is 4.79 Å². The van der Waals surface area contributed by atoms with Crippen molar-refractivity contribution in [3.63, 3.8) is 0 Å². The number of carbonyl (C=O) groups is 1. The summed E-state index contributed by atoms with van der Waals surface area (Å²) in [5.41, 5.74) is 0.938. The quantitative estimate of drug-likeness (QED) is 0.635. The van der Waals surface area contributed by atoms with Crippen LogP contribution in [0.15, 0.2) is 35.7 Å². The van der Waals surface area contributed by atoms with Crippen LogP contribution in [-0.2, 0) is 9.53 Å². The molecule has 2 fully saturated rings. The highest BCUT2D eigenvalue weighted by Gasteiger charge is 2.25. The van der Waals surface area contributed by atoms with Gasteiger partial charge in [-0.1, -0.05) is 11.8 Å². The highest BCUT2D eigenvalue weighted by Crippen LogP contribution is 2.22. The maximum Gasteiger partial charge on any atom is 0.233 e. The van der Waals surface area contributed by atoms with Crippen molar-refractivity contribution in [2.75, 3.05) is 52.2 Å². The van der Waals surface area contributed by atoms with Gasteiger partial charge in [-0.15, -0.1) is 10.2 Å². The van der Waals surface area contributed by atoms with Gasteiger partial charge in [0, 0.05) is 45.0 Å². The predicted octanol–water partition coefficient (Wildman–Crippen LogP) is 1.69. The first-order chi connectivity index (χ1) is 14.2. The number of thioether (sulfide) groups is 1. The Bertz CT molecular complexity index is 799. The zero-order chi connectivity index (χ0) is 20.1. The van der Waals surface area contributed by atoms with E-state index in [1.54, 1.807) is 13.4 Å². The third-order valence-corrected chi connectivity index (χ3v) is 6.33. The number of amides is 1. The van der Waals surface area contributed by atoms with Crippen molar-refractivity contribution in [1.29, 1.82) is 0 Å². The SMILES string of the molecule is COc1ccc(-n2cnnc2SCC(=O)N2CCN(CC3CCCO3)CC2)cc1. The van der Waals surface area contributed by atoms with Crippen LogP contribution in [0.2, 0.25) is 0 Å². The Hall–Kier alpha value is -2.10. The number of nitrogens with zero attached hydrogens (tertiary/aromatic N) is 5. The lowest BCUT2D eigenvalue weighted by Crippen LogP contribution is -2.50. The highest BCUT2D eigenvalue weighted by molar-refractivity contribution is 7.99. The molecule has 4 rings (SSSR count). The summed E-state index contributed by atoms with van der Waals surface area (Å²) in [6.45, 7) is 5.26. The molecule has 1 atom stereocenters. The van der Waals surface area contributed by atoms with Gasteiger partial charge in [-0.3, -0.25) is 14.3 Å². The van der Waals surface area contributed by atoms with Gasteiger partial charge in [0.15, 0.2) is 5.16 Å². The number of methoxy groups -OCH3 is 1. The van der Waals surface area contributed by atoms with Gasteiger partial charge in [0.05, 0.1) is 19.0 Å². The minimum absolute atomic E-state index is 0.149. The molecule has 1 aromatic heterocycles. The fraction of sp³-hybridized carbons (Fsp3) is 0.550. The lowest BCUT2D eigenvalue weighted by atomic mass is 10.2. The highest BCUT2D eigenvalue weighted by atomic mass is 32.2. The molecule has 1 aromatic carbocycles. The Balaban J connectivity index is 1.26. The van der Waals surface area contributed by atoms with E-state index < -0.39 is 0 Å². The Morgan fingerprint density at radius 3 is 2.72 bits per heavy atom. The van der Waals surface area contributed by atoms with Crippen LogP contribution in [0.5, 0.6) is 5.75 Å². The molecule has 9 heteroatoms. The Morgan fingerprint density at radius 1 is 1.24 bits per heavy atom. The van der Waals surface area contributed by atoms with Gasteiger partial charge >= 0.3 is 0 Å². The first kappa shape index (κ1) is 20.2. The van der Waals surface area contributed by atoms with E-state index >= 15 is 0 Å². The Labute approximate surface area is 175 Å². The molecular weight excluding hydrogens is 390 g/mol. The average molecular weight is 418 g/mol. The van der Waals surface area contributed by atoms with Crippen molar-refractivity contribution in [3.8, 4) is 11.4 Å². The second-order valence-electron chi connectivity index (χ2n) is 7.29. The fourth-order valence-electron chi connectivity index (χ4n) is 3.72. The van der Waals surface area contributed by atoms with Crippen LogP contribution in [0.3, 0.4) is 0 Å². The van der Waals surface area contributed by atoms with Crippen LogP contribution in [0.4, 0.5) is 0 Å². The van der Waals surface area contributed by atoms with Gasteiger partial charge in [0.2, 0.25) is 5.91 Å². The molecule has 1 unspecified atom stereocenters. The van der Waals surface area contributed by atoms with E-state index in [0.29, 0.717) is 17.0 Å². The largest absolute Gasteiger partial charge is 0.497 e. The topological polar surface area (TPSA) is 72.7 Å². The van der Waals surface area contributed by atoms with Crippen LogP contribution in [0.1, 0.15) is 12.8 Å². The molecule has 0 aliphatic carbocycles. The Kier molecular flexibility index (Phi) is 6.68. The summed E-state index contributed by atoms with van der Waals surface area (Å²) in [6, 6.07) is 7.68. The standard InChI is InChI=1S/C20H27N5O3S/c1-27-17-6-4-16(5-7-17)25-15-21-22-20(25)29-14-19(26)24-10-8-23(9-11-24)13-18-3-2-12-28-18/h4-7,15,18H,2-3,8-14H2,1H3. The van der Waals surface area contributed by atoms with Gasteiger partial charge in [-0.05, 0) is 37.1 Å². The number of hydrogen-bond acceptors (Lipinski definition) is 7. The van der Waals surface area contributed by atoms with Crippen LogP contribution < -0.4 is 4.74 Å². The molecule has 0 saturated carbocycles. The van der Waals surface area contributed by atoms with Crippen molar-refractivity contribution in [2.24, 2.45) is 0 Å². The smallest absolute Gasteiger partial charge is 0.233 e. The summed E-state index contributed by atoms with van der Waals surface area (Å²) < 4.78 is 12.8. The molecule has 2 saturated heterocycles. The van der Waals surface area contributed by atoms with E-state index in [1.165, 1.54) is 18.2 Å². The maximum absolute atomic E-state index is 12.7. The summed E-state index contributed by atoms with van der Waals surface area (Å²) in [5, 5.41) is 8.89. The minimum atomic E-state index is 0.149. The van der Waals surface area contributed by atoms with Gasteiger partial charge in [0.25, 0.3) is 0 Å². The lowest BCUT2D eigenvalue weighted by Gasteiger charge is -2.35. The molecule has 29 heavy (non-hydrogen) atoms. The molecule has 8 nitrogen and oxygen atoms in total. The first-order valence-electron chi connectivity index (χ1n) is 10.0. The van der Waals surface area contributed by atoms with E-state index in [-0.39, 0.29) is 5.91 Å². The number of hydrogen-bond donors (Lipinski definition) is 0. The van der Waals surface area contributed by atoms with Crippen molar-refractivity contribution < 1.29 is 14.3 Å². The Morgan fingerprint density at radius 2 is 2.03 bits per heavy atom. The summed E-state index contributed by atoms with van der Waals surface area (Å²) in [7, 11) is 1.64. The number of aromatic nitrogens is 3. The number of carbonyl (C=O) groups excluding carboxylic acids is 1. The third-order valence-electron chi connectivity index (χ3n) is 5.40. The van der Waals surface area contributed by atoms with Gasteiger partial charge in [0.1, 0.15) is 12.1 Å². The van der Waals surface area contributed by atoms with Crippen LogP contribution in [0.25, 0.3) is 5.69 Å². The van der Waals surface area contributed by atoms with Crippen LogP contribution >= 0.6 is 11.8 Å². The van der Waals surface area contributed by atoms with Crippen molar-refractivity contribution in [1.82, 2.24) is 24.6 Å². The maximum atomic E-state index is 12.7. The van der Waals surface area contributed by atoms with E-state index in [0.717, 1.165) is 57.2 Å². The molecule has 0 spiro atoms. The number of ether oxygens (including phenoxy) is 2. The summed E-state index contributed by atoms with van der Waals surface area (Å²) in [5.74, 6) is 1.31. The fourth-order valence-corrected chi connectivity index (χ4v) is 4.55. The number of piperazine rings is 1. The zero-order valence-corrected chi connectivity index (χ0v) is 17.5. The predicted molar refractivity (Wildman–Crippen MR) is 111 cm³/mol. The zero-order valence-electron chi connectivity index (χ0n) is 16.7. The van der Waals surface area contributed by atoms with Crippen molar-refractivity contribution in [2.45, 2.75) is 24.1 Å².